The molecule has 2 aromatic carbocycles. The number of carbonyl (C=O) groups is 1. The van der Waals surface area contributed by atoms with Gasteiger partial charge in [0.15, 0.2) is 0 Å². The first kappa shape index (κ1) is 31.5. The molecule has 3 aromatic heterocycles. The van der Waals surface area contributed by atoms with Crippen LogP contribution in [0.1, 0.15) is 60.4 Å². The standard InChI is InChI=1S/C33H38N8O4S/c1-5-25-19-40(46(43,44)29-8-7-14-35-33(29)45-25)18-24-16-23(10-9-21(24)3)27(17-31(42)37-30-13-15-34-20-36-30)26-11-12-28-32(22(26)4)38-39-41(28)6-2/h7-16,20,25,27,43-44H,5-6,17-19H2,1-4H3,(H,34,36,37,42)/t25-,27+/m1/s1. The second-order valence-electron chi connectivity index (χ2n) is 11.4. The number of rotatable bonds is 9. The van der Waals surface area contributed by atoms with Crippen LogP contribution in [0.3, 0.4) is 0 Å². The summed E-state index contributed by atoms with van der Waals surface area (Å²) in [6.45, 7) is 9.31. The van der Waals surface area contributed by atoms with Crippen LogP contribution >= 0.6 is 10.8 Å². The number of anilines is 1. The SMILES string of the molecule is CC[C@@H]1CN(Cc2cc([C@H](CC(=O)Nc3ccncn3)c3ccc4c(nnn4CC)c3C)ccc2C)S(O)(O)c2cccnc2O1. The number of pyridine rings is 1. The van der Waals surface area contributed by atoms with Crippen LogP contribution in [-0.4, -0.2) is 61.9 Å². The fraction of sp³-hybridized carbons (Fsp3) is 0.333. The lowest BCUT2D eigenvalue weighted by atomic mass is 9.84. The van der Waals surface area contributed by atoms with E-state index in [1.165, 1.54) is 6.33 Å². The zero-order valence-corrected chi connectivity index (χ0v) is 27.1. The van der Waals surface area contributed by atoms with Crippen LogP contribution in [0.25, 0.3) is 11.0 Å². The second kappa shape index (κ2) is 13.1. The van der Waals surface area contributed by atoms with Crippen LogP contribution in [0.2, 0.25) is 0 Å². The Morgan fingerprint density at radius 2 is 1.96 bits per heavy atom. The summed E-state index contributed by atoms with van der Waals surface area (Å²) in [5, 5.41) is 11.7. The number of carbonyl (C=O) groups excluding carboxylic acids is 1. The summed E-state index contributed by atoms with van der Waals surface area (Å²) in [6, 6.07) is 15.2. The van der Waals surface area contributed by atoms with Crippen LogP contribution in [0.5, 0.6) is 5.88 Å². The molecule has 0 bridgehead atoms. The van der Waals surface area contributed by atoms with Gasteiger partial charge in [-0.05, 0) is 79.3 Å². The van der Waals surface area contributed by atoms with Crippen molar-refractivity contribution in [1.82, 2.24) is 34.3 Å². The maximum Gasteiger partial charge on any atom is 0.239 e. The van der Waals surface area contributed by atoms with Crippen molar-refractivity contribution in [2.45, 2.75) is 70.5 Å². The van der Waals surface area contributed by atoms with Gasteiger partial charge in [-0.25, -0.2) is 19.6 Å². The molecule has 6 rings (SSSR count). The normalized spacial score (nSPS) is 17.5. The minimum absolute atomic E-state index is 0.143. The number of fused-ring (bicyclic) bond motifs is 2. The van der Waals surface area contributed by atoms with Crippen molar-refractivity contribution < 1.29 is 18.6 Å². The lowest BCUT2D eigenvalue weighted by molar-refractivity contribution is -0.116. The summed E-state index contributed by atoms with van der Waals surface area (Å²) in [4.78, 5) is 26.1. The lowest BCUT2D eigenvalue weighted by Gasteiger charge is -2.41. The topological polar surface area (TPSA) is 151 Å². The molecule has 1 amide bonds. The average molecular weight is 643 g/mol. The monoisotopic (exact) mass is 642 g/mol. The molecule has 0 fully saturated rings. The van der Waals surface area contributed by atoms with Gasteiger partial charge in [0, 0.05) is 37.8 Å². The van der Waals surface area contributed by atoms with Gasteiger partial charge in [-0.1, -0.05) is 36.4 Å². The minimum Gasteiger partial charge on any atom is -0.472 e. The molecule has 0 unspecified atom stereocenters. The van der Waals surface area contributed by atoms with Gasteiger partial charge in [0.1, 0.15) is 28.7 Å². The summed E-state index contributed by atoms with van der Waals surface area (Å²) in [6.07, 6.45) is 5.11. The van der Waals surface area contributed by atoms with E-state index in [9.17, 15) is 13.9 Å². The molecule has 1 aliphatic heterocycles. The van der Waals surface area contributed by atoms with Gasteiger partial charge in [-0.2, -0.15) is 4.31 Å². The first-order valence-corrected chi connectivity index (χ1v) is 16.8. The number of hydrogen-bond donors (Lipinski definition) is 3. The number of hydrogen-bond acceptors (Lipinski definition) is 10. The van der Waals surface area contributed by atoms with Crippen molar-refractivity contribution in [3.05, 3.63) is 95.1 Å². The molecule has 2 atom stereocenters. The molecule has 13 heteroatoms. The minimum atomic E-state index is -3.40. The maximum absolute atomic E-state index is 13.5. The molecule has 0 radical (unpaired) electrons. The molecular formula is C33H38N8O4S. The van der Waals surface area contributed by atoms with E-state index in [2.05, 4.69) is 36.6 Å². The van der Waals surface area contributed by atoms with Gasteiger partial charge in [-0.3, -0.25) is 13.9 Å². The van der Waals surface area contributed by atoms with Crippen molar-refractivity contribution >= 4 is 33.5 Å². The van der Waals surface area contributed by atoms with Crippen molar-refractivity contribution in [1.29, 1.82) is 0 Å². The second-order valence-corrected chi connectivity index (χ2v) is 13.4. The van der Waals surface area contributed by atoms with Gasteiger partial charge in [0.25, 0.3) is 0 Å². The van der Waals surface area contributed by atoms with Crippen LogP contribution in [-0.2, 0) is 17.9 Å². The Hall–Kier alpha value is -4.43. The Morgan fingerprint density at radius 1 is 1.11 bits per heavy atom. The Bertz CT molecular complexity index is 1870. The van der Waals surface area contributed by atoms with Crippen LogP contribution in [0.15, 0.2) is 72.1 Å². The lowest BCUT2D eigenvalue weighted by Crippen LogP contribution is -2.34. The van der Waals surface area contributed by atoms with E-state index >= 15 is 0 Å². The number of nitrogens with zero attached hydrogens (tertiary/aromatic N) is 7. The number of aryl methyl sites for hydroxylation is 3. The number of amides is 1. The first-order chi connectivity index (χ1) is 22.2. The Labute approximate surface area is 269 Å². The first-order valence-electron chi connectivity index (χ1n) is 15.3. The Morgan fingerprint density at radius 3 is 2.72 bits per heavy atom. The zero-order chi connectivity index (χ0) is 32.4. The predicted octanol–water partition coefficient (Wildman–Crippen LogP) is 6.11. The summed E-state index contributed by atoms with van der Waals surface area (Å²) in [7, 11) is -3.40. The number of aromatic nitrogens is 6. The smallest absolute Gasteiger partial charge is 0.239 e. The van der Waals surface area contributed by atoms with Crippen molar-refractivity contribution in [3.8, 4) is 5.88 Å². The molecular weight excluding hydrogens is 604 g/mol. The van der Waals surface area contributed by atoms with Gasteiger partial charge < -0.3 is 10.1 Å². The van der Waals surface area contributed by atoms with E-state index in [-0.39, 0.29) is 41.7 Å². The largest absolute Gasteiger partial charge is 0.472 e. The fourth-order valence-electron chi connectivity index (χ4n) is 5.92. The van der Waals surface area contributed by atoms with E-state index in [1.54, 1.807) is 34.9 Å². The highest BCUT2D eigenvalue weighted by molar-refractivity contribution is 8.22. The highest BCUT2D eigenvalue weighted by Crippen LogP contribution is 2.57. The summed E-state index contributed by atoms with van der Waals surface area (Å²) < 4.78 is 32.8. The fourth-order valence-corrected chi connectivity index (χ4v) is 7.49. The van der Waals surface area contributed by atoms with Crippen LogP contribution < -0.4 is 10.1 Å². The molecule has 12 nitrogen and oxygen atoms in total. The molecule has 4 heterocycles. The molecule has 0 aliphatic carbocycles. The van der Waals surface area contributed by atoms with Crippen LogP contribution in [0, 0.1) is 13.8 Å². The molecule has 1 aliphatic rings. The van der Waals surface area contributed by atoms with E-state index < -0.39 is 10.8 Å². The van der Waals surface area contributed by atoms with E-state index in [0.717, 1.165) is 38.9 Å². The third kappa shape index (κ3) is 6.18. The molecule has 3 N–H and O–H groups in total. The molecule has 0 saturated heterocycles. The molecule has 240 valence electrons. The summed E-state index contributed by atoms with van der Waals surface area (Å²) in [5.74, 6) is 0.146. The third-order valence-electron chi connectivity index (χ3n) is 8.55. The van der Waals surface area contributed by atoms with Crippen molar-refractivity contribution in [2.75, 3.05) is 11.9 Å². The van der Waals surface area contributed by atoms with Crippen molar-refractivity contribution in [3.63, 3.8) is 0 Å². The molecule has 46 heavy (non-hydrogen) atoms. The summed E-state index contributed by atoms with van der Waals surface area (Å²) >= 11 is 0. The van der Waals surface area contributed by atoms with E-state index in [4.69, 9.17) is 4.74 Å². The highest BCUT2D eigenvalue weighted by atomic mass is 32.3. The van der Waals surface area contributed by atoms with Crippen LogP contribution in [0.4, 0.5) is 5.82 Å². The molecule has 0 spiro atoms. The zero-order valence-electron chi connectivity index (χ0n) is 26.3. The van der Waals surface area contributed by atoms with Gasteiger partial charge in [-0.15, -0.1) is 15.9 Å². The highest BCUT2D eigenvalue weighted by Gasteiger charge is 2.36. The third-order valence-corrected chi connectivity index (χ3v) is 10.4. The van der Waals surface area contributed by atoms with E-state index in [0.29, 0.717) is 25.3 Å². The van der Waals surface area contributed by atoms with E-state index in [1.807, 2.05) is 56.6 Å². The van der Waals surface area contributed by atoms with Gasteiger partial charge in [0.05, 0.1) is 12.1 Å². The predicted molar refractivity (Wildman–Crippen MR) is 177 cm³/mol. The summed E-state index contributed by atoms with van der Waals surface area (Å²) in [5.41, 5.74) is 6.47. The Balaban J connectivity index is 1.39. The number of benzene rings is 2. The molecule has 0 saturated carbocycles. The number of ether oxygens (including phenoxy) is 1. The average Bonchev–Trinajstić information content (AvgIpc) is 3.45. The van der Waals surface area contributed by atoms with Gasteiger partial charge in [0.2, 0.25) is 11.8 Å². The maximum atomic E-state index is 13.5. The quantitative estimate of drug-likeness (QED) is 0.172. The number of nitrogens with one attached hydrogen (secondary N) is 1. The van der Waals surface area contributed by atoms with Crippen molar-refractivity contribution in [2.24, 2.45) is 0 Å². The molecule has 5 aromatic rings. The van der Waals surface area contributed by atoms with Gasteiger partial charge >= 0.3 is 0 Å². The Kier molecular flexibility index (Phi) is 9.00.